The van der Waals surface area contributed by atoms with E-state index in [0.717, 1.165) is 11.1 Å². The van der Waals surface area contributed by atoms with Gasteiger partial charge in [0, 0.05) is 44.2 Å². The molecule has 0 aliphatic carbocycles. The first kappa shape index (κ1) is 16.7. The Morgan fingerprint density at radius 2 is 1.83 bits per heavy atom. The minimum absolute atomic E-state index is 0.0700. The number of hydrogen-bond acceptors (Lipinski definition) is 3. The molecule has 0 aliphatic rings. The van der Waals surface area contributed by atoms with Crippen LogP contribution in [0.2, 0.25) is 0 Å². The number of amides is 2. The summed E-state index contributed by atoms with van der Waals surface area (Å²) in [6.45, 7) is 1.84. The number of carbonyl (C=O) groups excluding carboxylic acids is 2. The Hall–Kier alpha value is -2.69. The van der Waals surface area contributed by atoms with E-state index < -0.39 is 0 Å². The van der Waals surface area contributed by atoms with Crippen molar-refractivity contribution in [1.82, 2.24) is 9.88 Å². The summed E-state index contributed by atoms with van der Waals surface area (Å²) in [4.78, 5) is 29.7. The fraction of sp³-hybridized carbons (Fsp3) is 0.278. The van der Waals surface area contributed by atoms with Gasteiger partial charge in [0.15, 0.2) is 0 Å². The molecule has 1 N–H and O–H groups in total. The predicted molar refractivity (Wildman–Crippen MR) is 90.4 cm³/mol. The van der Waals surface area contributed by atoms with E-state index in [9.17, 15) is 9.59 Å². The van der Waals surface area contributed by atoms with Crippen molar-refractivity contribution < 1.29 is 9.59 Å². The van der Waals surface area contributed by atoms with Gasteiger partial charge in [0.05, 0.1) is 0 Å². The van der Waals surface area contributed by atoms with Gasteiger partial charge in [-0.25, -0.2) is 0 Å². The molecule has 0 bridgehead atoms. The molecular formula is C18H21N3O2. The highest BCUT2D eigenvalue weighted by atomic mass is 16.2. The molecule has 23 heavy (non-hydrogen) atoms. The number of carbonyl (C=O) groups is 2. The summed E-state index contributed by atoms with van der Waals surface area (Å²) in [7, 11) is 3.42. The number of rotatable bonds is 5. The van der Waals surface area contributed by atoms with E-state index in [1.54, 1.807) is 38.6 Å². The molecule has 0 saturated carbocycles. The normalized spacial score (nSPS) is 10.2. The fourth-order valence-electron chi connectivity index (χ4n) is 2.26. The summed E-state index contributed by atoms with van der Waals surface area (Å²) in [5.41, 5.74) is 3.13. The van der Waals surface area contributed by atoms with Gasteiger partial charge in [-0.2, -0.15) is 0 Å². The second kappa shape index (κ2) is 7.54. The van der Waals surface area contributed by atoms with Crippen molar-refractivity contribution in [3.8, 4) is 0 Å². The van der Waals surface area contributed by atoms with Crippen LogP contribution in [0.1, 0.15) is 27.9 Å². The van der Waals surface area contributed by atoms with Gasteiger partial charge in [-0.15, -0.1) is 0 Å². The highest BCUT2D eigenvalue weighted by Gasteiger charge is 2.14. The van der Waals surface area contributed by atoms with Gasteiger partial charge in [-0.05, 0) is 48.7 Å². The average Bonchev–Trinajstić information content (AvgIpc) is 2.55. The topological polar surface area (TPSA) is 62.3 Å². The van der Waals surface area contributed by atoms with Crippen molar-refractivity contribution in [2.24, 2.45) is 0 Å². The lowest BCUT2D eigenvalue weighted by Gasteiger charge is -2.15. The summed E-state index contributed by atoms with van der Waals surface area (Å²) < 4.78 is 0. The van der Waals surface area contributed by atoms with E-state index in [1.165, 1.54) is 4.90 Å². The molecule has 0 atom stereocenters. The molecule has 1 heterocycles. The number of aromatic nitrogens is 1. The molecule has 5 nitrogen and oxygen atoms in total. The molecular weight excluding hydrogens is 290 g/mol. The molecule has 0 saturated heterocycles. The highest BCUT2D eigenvalue weighted by molar-refractivity contribution is 5.99. The van der Waals surface area contributed by atoms with E-state index in [2.05, 4.69) is 10.3 Å². The van der Waals surface area contributed by atoms with Crippen molar-refractivity contribution in [2.45, 2.75) is 19.8 Å². The Kier molecular flexibility index (Phi) is 5.46. The maximum atomic E-state index is 12.1. The van der Waals surface area contributed by atoms with E-state index in [1.807, 2.05) is 25.1 Å². The third kappa shape index (κ3) is 4.39. The third-order valence-electron chi connectivity index (χ3n) is 3.63. The van der Waals surface area contributed by atoms with Gasteiger partial charge in [-0.3, -0.25) is 14.6 Å². The summed E-state index contributed by atoms with van der Waals surface area (Å²) in [5, 5.41) is 2.89. The number of aryl methyl sites for hydroxylation is 1. The van der Waals surface area contributed by atoms with Crippen LogP contribution in [-0.4, -0.2) is 35.8 Å². The lowest BCUT2D eigenvalue weighted by molar-refractivity contribution is -0.116. The maximum Gasteiger partial charge on any atom is 0.253 e. The molecule has 2 aromatic rings. The maximum absolute atomic E-state index is 12.1. The van der Waals surface area contributed by atoms with Gasteiger partial charge in [0.1, 0.15) is 0 Å². The Morgan fingerprint density at radius 1 is 1.13 bits per heavy atom. The van der Waals surface area contributed by atoms with Crippen LogP contribution in [0.25, 0.3) is 0 Å². The number of hydrogen-bond donors (Lipinski definition) is 1. The van der Waals surface area contributed by atoms with Crippen LogP contribution in [0.5, 0.6) is 0 Å². The van der Waals surface area contributed by atoms with Gasteiger partial charge in [-0.1, -0.05) is 6.07 Å². The first-order valence-electron chi connectivity index (χ1n) is 7.49. The number of nitrogens with one attached hydrogen (secondary N) is 1. The minimum Gasteiger partial charge on any atom is -0.345 e. The molecule has 0 fully saturated rings. The van der Waals surface area contributed by atoms with Crippen LogP contribution < -0.4 is 5.32 Å². The zero-order chi connectivity index (χ0) is 16.8. The van der Waals surface area contributed by atoms with Crippen LogP contribution in [0.3, 0.4) is 0 Å². The predicted octanol–water partition coefficient (Wildman–Crippen LogP) is 2.66. The molecule has 5 heteroatoms. The quantitative estimate of drug-likeness (QED) is 0.923. The Bertz CT molecular complexity index is 697. The van der Waals surface area contributed by atoms with Crippen molar-refractivity contribution in [3.05, 3.63) is 59.4 Å². The van der Waals surface area contributed by atoms with Crippen LogP contribution in [0.15, 0.2) is 42.7 Å². The summed E-state index contributed by atoms with van der Waals surface area (Å²) in [6.07, 6.45) is 4.47. The van der Waals surface area contributed by atoms with Gasteiger partial charge >= 0.3 is 0 Å². The molecule has 1 aromatic heterocycles. The van der Waals surface area contributed by atoms with E-state index in [0.29, 0.717) is 24.1 Å². The fourth-order valence-corrected chi connectivity index (χ4v) is 2.26. The summed E-state index contributed by atoms with van der Waals surface area (Å²) in [6, 6.07) is 9.16. The number of benzene rings is 1. The van der Waals surface area contributed by atoms with E-state index >= 15 is 0 Å². The third-order valence-corrected chi connectivity index (χ3v) is 3.63. The summed E-state index contributed by atoms with van der Waals surface area (Å²) in [5.74, 6) is -0.144. The van der Waals surface area contributed by atoms with Crippen molar-refractivity contribution in [2.75, 3.05) is 19.4 Å². The number of pyridine rings is 1. The van der Waals surface area contributed by atoms with Crippen LogP contribution in [0.4, 0.5) is 5.69 Å². The van der Waals surface area contributed by atoms with E-state index in [-0.39, 0.29) is 11.8 Å². The summed E-state index contributed by atoms with van der Waals surface area (Å²) >= 11 is 0. The van der Waals surface area contributed by atoms with Crippen molar-refractivity contribution >= 4 is 17.5 Å². The highest BCUT2D eigenvalue weighted by Crippen LogP contribution is 2.20. The number of anilines is 1. The monoisotopic (exact) mass is 311 g/mol. The Labute approximate surface area is 136 Å². The standard InChI is InChI=1S/C18H21N3O2/c1-13-15(18(23)21(2)3)5-4-6-16(13)20-17(22)8-7-14-9-11-19-12-10-14/h4-6,9-12H,7-8H2,1-3H3,(H,20,22). The molecule has 120 valence electrons. The largest absolute Gasteiger partial charge is 0.345 e. The van der Waals surface area contributed by atoms with Crippen LogP contribution >= 0.6 is 0 Å². The SMILES string of the molecule is Cc1c(NC(=O)CCc2ccncc2)cccc1C(=O)N(C)C. The van der Waals surface area contributed by atoms with E-state index in [4.69, 9.17) is 0 Å². The van der Waals surface area contributed by atoms with Crippen LogP contribution in [-0.2, 0) is 11.2 Å². The average molecular weight is 311 g/mol. The lowest BCUT2D eigenvalue weighted by Crippen LogP contribution is -2.23. The molecule has 0 unspecified atom stereocenters. The van der Waals surface area contributed by atoms with Crippen LogP contribution in [0, 0.1) is 6.92 Å². The Morgan fingerprint density at radius 3 is 2.48 bits per heavy atom. The zero-order valence-corrected chi connectivity index (χ0v) is 13.7. The molecule has 2 rings (SSSR count). The van der Waals surface area contributed by atoms with Gasteiger partial charge < -0.3 is 10.2 Å². The van der Waals surface area contributed by atoms with Crippen molar-refractivity contribution in [1.29, 1.82) is 0 Å². The second-order valence-corrected chi connectivity index (χ2v) is 5.58. The Balaban J connectivity index is 2.04. The zero-order valence-electron chi connectivity index (χ0n) is 13.7. The lowest BCUT2D eigenvalue weighted by atomic mass is 10.1. The first-order valence-corrected chi connectivity index (χ1v) is 7.49. The molecule has 0 radical (unpaired) electrons. The minimum atomic E-state index is -0.0737. The molecule has 0 spiro atoms. The van der Waals surface area contributed by atoms with Crippen molar-refractivity contribution in [3.63, 3.8) is 0 Å². The number of nitrogens with zero attached hydrogens (tertiary/aromatic N) is 2. The van der Waals surface area contributed by atoms with Gasteiger partial charge in [0.2, 0.25) is 5.91 Å². The first-order chi connectivity index (χ1) is 11.0. The second-order valence-electron chi connectivity index (χ2n) is 5.58. The van der Waals surface area contributed by atoms with Gasteiger partial charge in [0.25, 0.3) is 5.91 Å². The molecule has 0 aliphatic heterocycles. The molecule has 2 amide bonds. The smallest absolute Gasteiger partial charge is 0.253 e. The molecule has 1 aromatic carbocycles.